The van der Waals surface area contributed by atoms with Crippen molar-refractivity contribution in [3.05, 3.63) is 220 Å². The molecule has 0 aliphatic heterocycles. The van der Waals surface area contributed by atoms with E-state index in [1.807, 2.05) is 91.0 Å². The maximum Gasteiger partial charge on any atom is 0.164 e. The van der Waals surface area contributed by atoms with E-state index in [0.29, 0.717) is 50.9 Å². The highest BCUT2D eigenvalue weighted by atomic mass is 15.0. The first-order valence-corrected chi connectivity index (χ1v) is 29.5. The van der Waals surface area contributed by atoms with Crippen LogP contribution in [0.2, 0.25) is 0 Å². The van der Waals surface area contributed by atoms with E-state index in [2.05, 4.69) is 195 Å². The Balaban J connectivity index is 1.24. The smallest absolute Gasteiger partial charge is 0.164 e. The standard InChI is InChI=1S/C78H64N10/c1-75(2,3)56-33-54(34-57(39-56)76(4,5)6)73-84-72(85-74(86-73)55-35-58(77(7,8)9)40-59(36-55)78(10,11)12)53-21-27-70(87-66-23-16-47(42-80)29-61(66)62-30-48(43-81)17-24-67(62)87)65(37-53)60-22-20-52(51-15-13-14-46(28-51)41-79)38-71(60)88-68-25-18-49(44-82)31-63(68)64-32-50(45-83)19-26-69(64)88/h13-40H,1-12H3. The Hall–Kier alpha value is -11.0. The van der Waals surface area contributed by atoms with Crippen molar-refractivity contribution >= 4 is 43.6 Å². The topological polar surface area (TPSA) is 167 Å². The van der Waals surface area contributed by atoms with Crippen molar-refractivity contribution in [3.63, 3.8) is 0 Å². The number of fused-ring (bicyclic) bond motifs is 6. The van der Waals surface area contributed by atoms with Gasteiger partial charge in [-0.05, 0) is 189 Å². The molecule has 0 saturated heterocycles. The largest absolute Gasteiger partial charge is 0.309 e. The minimum atomic E-state index is -0.195. The zero-order chi connectivity index (χ0) is 62.4. The molecule has 0 aliphatic rings. The molecule has 0 saturated carbocycles. The van der Waals surface area contributed by atoms with Gasteiger partial charge in [-0.25, -0.2) is 15.0 Å². The lowest BCUT2D eigenvalue weighted by Crippen LogP contribution is -2.17. The Morgan fingerprint density at radius 2 is 0.625 bits per heavy atom. The van der Waals surface area contributed by atoms with Crippen LogP contribution >= 0.6 is 0 Å². The highest BCUT2D eigenvalue weighted by molar-refractivity contribution is 6.12. The zero-order valence-electron chi connectivity index (χ0n) is 51.6. The fourth-order valence-corrected chi connectivity index (χ4v) is 11.8. The van der Waals surface area contributed by atoms with Gasteiger partial charge < -0.3 is 9.13 Å². The van der Waals surface area contributed by atoms with Gasteiger partial charge in [0.2, 0.25) is 0 Å². The van der Waals surface area contributed by atoms with Crippen molar-refractivity contribution in [1.82, 2.24) is 24.1 Å². The van der Waals surface area contributed by atoms with E-state index in [1.165, 1.54) is 0 Å². The molecule has 0 fully saturated rings. The van der Waals surface area contributed by atoms with Crippen LogP contribution in [-0.4, -0.2) is 24.1 Å². The first-order chi connectivity index (χ1) is 41.8. The van der Waals surface area contributed by atoms with Crippen LogP contribution in [0.15, 0.2) is 170 Å². The average molecular weight is 1140 g/mol. The number of benzene rings is 9. The van der Waals surface area contributed by atoms with Gasteiger partial charge in [0.05, 0.1) is 91.6 Å². The molecule has 3 aromatic heterocycles. The molecule has 0 bridgehead atoms. The third-order valence-electron chi connectivity index (χ3n) is 16.9. The van der Waals surface area contributed by atoms with E-state index in [4.69, 9.17) is 15.0 Å². The molecule has 9 aromatic carbocycles. The second kappa shape index (κ2) is 21.2. The highest BCUT2D eigenvalue weighted by Gasteiger charge is 2.28. The maximum absolute atomic E-state index is 10.3. The fourth-order valence-electron chi connectivity index (χ4n) is 11.8. The Labute approximate surface area is 514 Å². The number of aromatic nitrogens is 5. The van der Waals surface area contributed by atoms with Gasteiger partial charge >= 0.3 is 0 Å². The number of hydrogen-bond donors (Lipinski definition) is 0. The molecule has 426 valence electrons. The molecule has 0 N–H and O–H groups in total. The number of rotatable bonds is 7. The molecule has 88 heavy (non-hydrogen) atoms. The normalized spacial score (nSPS) is 12.0. The summed E-state index contributed by atoms with van der Waals surface area (Å²) in [5.41, 5.74) is 16.9. The van der Waals surface area contributed by atoms with Crippen LogP contribution in [0, 0.1) is 56.7 Å². The summed E-state index contributed by atoms with van der Waals surface area (Å²) in [6, 6.07) is 68.1. The van der Waals surface area contributed by atoms with Gasteiger partial charge in [0.1, 0.15) is 0 Å². The summed E-state index contributed by atoms with van der Waals surface area (Å²) in [7, 11) is 0. The van der Waals surface area contributed by atoms with Gasteiger partial charge in [-0.3, -0.25) is 0 Å². The molecule has 0 atom stereocenters. The molecule has 3 heterocycles. The van der Waals surface area contributed by atoms with Crippen molar-refractivity contribution in [2.75, 3.05) is 0 Å². The molecular formula is C78H64N10. The number of nitriles is 5. The van der Waals surface area contributed by atoms with E-state index in [-0.39, 0.29) is 21.7 Å². The lowest BCUT2D eigenvalue weighted by Gasteiger charge is -2.26. The van der Waals surface area contributed by atoms with Crippen LogP contribution in [0.25, 0.3) is 111 Å². The van der Waals surface area contributed by atoms with Crippen molar-refractivity contribution in [2.24, 2.45) is 0 Å². The fraction of sp³-hybridized carbons (Fsp3) is 0.205. The van der Waals surface area contributed by atoms with Crippen LogP contribution in [0.4, 0.5) is 0 Å². The number of nitrogens with zero attached hydrogens (tertiary/aromatic N) is 10. The first-order valence-electron chi connectivity index (χ1n) is 29.5. The molecule has 0 aliphatic carbocycles. The van der Waals surface area contributed by atoms with Gasteiger partial charge in [0, 0.05) is 49.4 Å². The summed E-state index contributed by atoms with van der Waals surface area (Å²) < 4.78 is 4.40. The zero-order valence-corrected chi connectivity index (χ0v) is 51.6. The van der Waals surface area contributed by atoms with Gasteiger partial charge in [-0.1, -0.05) is 119 Å². The van der Waals surface area contributed by atoms with Gasteiger partial charge in [0.15, 0.2) is 17.5 Å². The predicted molar refractivity (Wildman–Crippen MR) is 354 cm³/mol. The Bertz CT molecular complexity index is 4840. The lowest BCUT2D eigenvalue weighted by atomic mass is 9.79. The molecular weight excluding hydrogens is 1080 g/mol. The third kappa shape index (κ3) is 10.4. The monoisotopic (exact) mass is 1140 g/mol. The number of hydrogen-bond acceptors (Lipinski definition) is 8. The second-order valence-electron chi connectivity index (χ2n) is 27.1. The van der Waals surface area contributed by atoms with E-state index in [0.717, 1.165) is 111 Å². The Morgan fingerprint density at radius 3 is 1.00 bits per heavy atom. The van der Waals surface area contributed by atoms with Crippen molar-refractivity contribution in [1.29, 1.82) is 26.3 Å². The average Bonchev–Trinajstić information content (AvgIpc) is 1.67. The molecule has 0 spiro atoms. The van der Waals surface area contributed by atoms with Crippen molar-refractivity contribution in [3.8, 4) is 98.1 Å². The van der Waals surface area contributed by atoms with E-state index in [9.17, 15) is 26.3 Å². The minimum absolute atomic E-state index is 0.195. The van der Waals surface area contributed by atoms with Gasteiger partial charge in [0.25, 0.3) is 0 Å². The molecule has 10 heteroatoms. The maximum atomic E-state index is 10.3. The summed E-state index contributed by atoms with van der Waals surface area (Å²) in [5, 5.41) is 54.6. The van der Waals surface area contributed by atoms with Crippen molar-refractivity contribution in [2.45, 2.75) is 105 Å². The lowest BCUT2D eigenvalue weighted by molar-refractivity contribution is 0.568. The van der Waals surface area contributed by atoms with Gasteiger partial charge in [-0.2, -0.15) is 26.3 Å². The van der Waals surface area contributed by atoms with Crippen LogP contribution < -0.4 is 0 Å². The van der Waals surface area contributed by atoms with E-state index >= 15 is 0 Å². The predicted octanol–water partition coefficient (Wildman–Crippen LogP) is 18.9. The summed E-state index contributed by atoms with van der Waals surface area (Å²) >= 11 is 0. The van der Waals surface area contributed by atoms with Crippen LogP contribution in [0.1, 0.15) is 133 Å². The third-order valence-corrected chi connectivity index (χ3v) is 16.9. The van der Waals surface area contributed by atoms with Crippen LogP contribution in [-0.2, 0) is 21.7 Å². The molecule has 12 aromatic rings. The summed E-state index contributed by atoms with van der Waals surface area (Å²) in [6.07, 6.45) is 0. The molecule has 12 rings (SSSR count). The molecule has 10 nitrogen and oxygen atoms in total. The van der Waals surface area contributed by atoms with Gasteiger partial charge in [-0.15, -0.1) is 0 Å². The Morgan fingerprint density at radius 1 is 0.284 bits per heavy atom. The Kier molecular flexibility index (Phi) is 13.9. The van der Waals surface area contributed by atoms with E-state index < -0.39 is 0 Å². The molecule has 0 radical (unpaired) electrons. The summed E-state index contributed by atoms with van der Waals surface area (Å²) in [4.78, 5) is 16.5. The molecule has 0 amide bonds. The first kappa shape index (κ1) is 57.5. The quantitative estimate of drug-likeness (QED) is 0.152. The van der Waals surface area contributed by atoms with Crippen molar-refractivity contribution < 1.29 is 0 Å². The van der Waals surface area contributed by atoms with Crippen LogP contribution in [0.5, 0.6) is 0 Å². The molecule has 0 unspecified atom stereocenters. The second-order valence-corrected chi connectivity index (χ2v) is 27.1. The van der Waals surface area contributed by atoms with Crippen LogP contribution in [0.3, 0.4) is 0 Å². The SMILES string of the molecule is CC(C)(C)c1cc(-c2nc(-c3cc(C(C)(C)C)cc(C(C)(C)C)c3)nc(-c3ccc(-n4c5ccc(C#N)cc5c5cc(C#N)ccc54)c(-c4ccc(-c5cccc(C#N)c5)cc4-n4c5ccc(C#N)cc5c5cc(C#N)ccc54)c3)n2)cc(C(C)(C)C)c1. The minimum Gasteiger partial charge on any atom is -0.309 e. The summed E-state index contributed by atoms with van der Waals surface area (Å²) in [6.45, 7) is 26.8. The highest BCUT2D eigenvalue weighted by Crippen LogP contribution is 2.45. The summed E-state index contributed by atoms with van der Waals surface area (Å²) in [5.74, 6) is 1.53. The van der Waals surface area contributed by atoms with E-state index in [1.54, 1.807) is 6.07 Å².